The minimum absolute atomic E-state index is 0.0498. The predicted octanol–water partition coefficient (Wildman–Crippen LogP) is 1.48. The van der Waals surface area contributed by atoms with Gasteiger partial charge in [-0.1, -0.05) is 6.92 Å². The number of hydrogen-bond donors (Lipinski definition) is 0. The molecule has 0 radical (unpaired) electrons. The summed E-state index contributed by atoms with van der Waals surface area (Å²) in [6.45, 7) is 6.80. The molecule has 1 rings (SSSR count). The van der Waals surface area contributed by atoms with E-state index in [0.717, 1.165) is 19.0 Å². The summed E-state index contributed by atoms with van der Waals surface area (Å²) in [5.74, 6) is 0.916. The molecule has 0 aliphatic carbocycles. The zero-order valence-corrected chi connectivity index (χ0v) is 11.1. The molecule has 96 valence electrons. The highest BCUT2D eigenvalue weighted by atomic mass is 16.2. The van der Waals surface area contributed by atoms with Gasteiger partial charge in [0.1, 0.15) is 0 Å². The van der Waals surface area contributed by atoms with Crippen molar-refractivity contribution in [1.82, 2.24) is 9.80 Å². The zero-order chi connectivity index (χ0) is 12.8. The van der Waals surface area contributed by atoms with Crippen LogP contribution < -0.4 is 0 Å². The summed E-state index contributed by atoms with van der Waals surface area (Å²) >= 11 is 0. The Morgan fingerprint density at radius 2 is 2.12 bits per heavy atom. The van der Waals surface area contributed by atoms with Gasteiger partial charge in [0.15, 0.2) is 0 Å². The van der Waals surface area contributed by atoms with Gasteiger partial charge in [-0.15, -0.1) is 0 Å². The Morgan fingerprint density at radius 1 is 1.53 bits per heavy atom. The van der Waals surface area contributed by atoms with E-state index in [1.54, 1.807) is 11.9 Å². The molecule has 0 aromatic heterocycles. The number of carbonyl (C=O) groups is 1. The van der Waals surface area contributed by atoms with Crippen molar-refractivity contribution in [2.45, 2.75) is 39.2 Å². The van der Waals surface area contributed by atoms with E-state index >= 15 is 0 Å². The summed E-state index contributed by atoms with van der Waals surface area (Å²) < 4.78 is 0. The van der Waals surface area contributed by atoms with Crippen molar-refractivity contribution in [3.05, 3.63) is 0 Å². The Labute approximate surface area is 104 Å². The van der Waals surface area contributed by atoms with Crippen LogP contribution in [0.2, 0.25) is 0 Å². The number of carbonyl (C=O) groups excluding carboxylic acids is 1. The minimum atomic E-state index is -0.0498. The molecule has 1 aliphatic rings. The summed E-state index contributed by atoms with van der Waals surface area (Å²) in [4.78, 5) is 16.0. The van der Waals surface area contributed by atoms with Crippen LogP contribution in [0.15, 0.2) is 0 Å². The van der Waals surface area contributed by atoms with Crippen LogP contribution in [0.4, 0.5) is 0 Å². The van der Waals surface area contributed by atoms with Gasteiger partial charge >= 0.3 is 0 Å². The van der Waals surface area contributed by atoms with Gasteiger partial charge in [0.2, 0.25) is 5.91 Å². The van der Waals surface area contributed by atoms with Crippen LogP contribution in [0.1, 0.15) is 33.1 Å². The van der Waals surface area contributed by atoms with Gasteiger partial charge in [0, 0.05) is 13.6 Å². The van der Waals surface area contributed by atoms with E-state index in [9.17, 15) is 4.79 Å². The van der Waals surface area contributed by atoms with Crippen molar-refractivity contribution in [3.63, 3.8) is 0 Å². The van der Waals surface area contributed by atoms with Crippen LogP contribution in [0.5, 0.6) is 0 Å². The first-order chi connectivity index (χ1) is 8.06. The lowest BCUT2D eigenvalue weighted by atomic mass is 9.98. The zero-order valence-electron chi connectivity index (χ0n) is 11.1. The van der Waals surface area contributed by atoms with Crippen LogP contribution in [0, 0.1) is 17.2 Å². The van der Waals surface area contributed by atoms with Gasteiger partial charge in [0.05, 0.1) is 18.5 Å². The first kappa shape index (κ1) is 14.0. The van der Waals surface area contributed by atoms with E-state index in [-0.39, 0.29) is 11.9 Å². The van der Waals surface area contributed by atoms with Crippen molar-refractivity contribution >= 4 is 5.91 Å². The fourth-order valence-corrected chi connectivity index (χ4v) is 2.22. The number of nitrogens with zero attached hydrogens (tertiary/aromatic N) is 3. The molecule has 1 saturated heterocycles. The van der Waals surface area contributed by atoms with Crippen molar-refractivity contribution in [3.8, 4) is 6.07 Å². The van der Waals surface area contributed by atoms with E-state index in [2.05, 4.69) is 17.9 Å². The standard InChI is InChI=1S/C13H23N3O/c1-11-5-9-16(10-6-11)12(2)13(17)15(3)8-4-7-14/h11-12H,4-6,8-10H2,1-3H3. The van der Waals surface area contributed by atoms with Crippen LogP contribution >= 0.6 is 0 Å². The molecule has 1 fully saturated rings. The monoisotopic (exact) mass is 237 g/mol. The number of rotatable bonds is 4. The van der Waals surface area contributed by atoms with Crippen LogP contribution in [0.25, 0.3) is 0 Å². The van der Waals surface area contributed by atoms with Crippen molar-refractivity contribution in [2.75, 3.05) is 26.7 Å². The topological polar surface area (TPSA) is 47.3 Å². The van der Waals surface area contributed by atoms with Crippen molar-refractivity contribution < 1.29 is 4.79 Å². The first-order valence-electron chi connectivity index (χ1n) is 6.42. The largest absolute Gasteiger partial charge is 0.343 e. The van der Waals surface area contributed by atoms with Gasteiger partial charge in [-0.05, 0) is 38.8 Å². The molecule has 0 N–H and O–H groups in total. The lowest BCUT2D eigenvalue weighted by Gasteiger charge is -2.35. The van der Waals surface area contributed by atoms with Crippen LogP contribution in [0.3, 0.4) is 0 Å². The average molecular weight is 237 g/mol. The van der Waals surface area contributed by atoms with E-state index in [0.29, 0.717) is 13.0 Å². The molecule has 1 heterocycles. The third-order valence-electron chi connectivity index (χ3n) is 3.66. The lowest BCUT2D eigenvalue weighted by molar-refractivity contribution is -0.135. The molecular weight excluding hydrogens is 214 g/mol. The summed E-state index contributed by atoms with van der Waals surface area (Å²) in [6, 6.07) is 2.02. The fraction of sp³-hybridized carbons (Fsp3) is 0.846. The summed E-state index contributed by atoms with van der Waals surface area (Å²) in [5, 5.41) is 8.52. The quantitative estimate of drug-likeness (QED) is 0.744. The molecule has 0 spiro atoms. The first-order valence-corrected chi connectivity index (χ1v) is 6.42. The summed E-state index contributed by atoms with van der Waals surface area (Å²) in [7, 11) is 1.78. The summed E-state index contributed by atoms with van der Waals surface area (Å²) in [5.41, 5.74) is 0. The van der Waals surface area contributed by atoms with Crippen LogP contribution in [-0.2, 0) is 4.79 Å². The Hall–Kier alpha value is -1.08. The number of nitriles is 1. The Bertz CT molecular complexity index is 290. The number of piperidine rings is 1. The van der Waals surface area contributed by atoms with E-state index in [1.165, 1.54) is 12.8 Å². The van der Waals surface area contributed by atoms with Crippen LogP contribution in [-0.4, -0.2) is 48.4 Å². The van der Waals surface area contributed by atoms with Gasteiger partial charge < -0.3 is 4.90 Å². The smallest absolute Gasteiger partial charge is 0.239 e. The highest BCUT2D eigenvalue weighted by Gasteiger charge is 2.26. The average Bonchev–Trinajstić information content (AvgIpc) is 2.35. The number of amides is 1. The molecule has 4 heteroatoms. The molecule has 4 nitrogen and oxygen atoms in total. The second-order valence-corrected chi connectivity index (χ2v) is 5.06. The molecule has 0 aromatic carbocycles. The minimum Gasteiger partial charge on any atom is -0.343 e. The van der Waals surface area contributed by atoms with Gasteiger partial charge in [0.25, 0.3) is 0 Å². The molecule has 0 bridgehead atoms. The molecule has 0 aromatic rings. The van der Waals surface area contributed by atoms with Gasteiger partial charge in [-0.2, -0.15) is 5.26 Å². The predicted molar refractivity (Wildman–Crippen MR) is 67.3 cm³/mol. The molecule has 0 saturated carbocycles. The molecule has 1 aliphatic heterocycles. The van der Waals surface area contributed by atoms with Crippen molar-refractivity contribution in [1.29, 1.82) is 5.26 Å². The SMILES string of the molecule is CC1CCN(C(C)C(=O)N(C)CCC#N)CC1. The molecular formula is C13H23N3O. The Balaban J connectivity index is 2.43. The second-order valence-electron chi connectivity index (χ2n) is 5.06. The Kier molecular flexibility index (Phi) is 5.43. The molecule has 1 amide bonds. The highest BCUT2D eigenvalue weighted by molar-refractivity contribution is 5.81. The van der Waals surface area contributed by atoms with Crippen molar-refractivity contribution in [2.24, 2.45) is 5.92 Å². The summed E-state index contributed by atoms with van der Waals surface area (Å²) in [6.07, 6.45) is 2.77. The Morgan fingerprint density at radius 3 is 2.65 bits per heavy atom. The second kappa shape index (κ2) is 6.61. The number of likely N-dealkylation sites (tertiary alicyclic amines) is 1. The molecule has 1 atom stereocenters. The third-order valence-corrected chi connectivity index (χ3v) is 3.66. The fourth-order valence-electron chi connectivity index (χ4n) is 2.22. The van der Waals surface area contributed by atoms with E-state index < -0.39 is 0 Å². The third kappa shape index (κ3) is 4.01. The molecule has 17 heavy (non-hydrogen) atoms. The van der Waals surface area contributed by atoms with Gasteiger partial charge in [-0.25, -0.2) is 0 Å². The maximum atomic E-state index is 12.1. The highest BCUT2D eigenvalue weighted by Crippen LogP contribution is 2.18. The van der Waals surface area contributed by atoms with Gasteiger partial charge in [-0.3, -0.25) is 9.69 Å². The molecule has 1 unspecified atom stereocenters. The maximum absolute atomic E-state index is 12.1. The normalized spacial score (nSPS) is 19.6. The van der Waals surface area contributed by atoms with E-state index in [4.69, 9.17) is 5.26 Å². The lowest BCUT2D eigenvalue weighted by Crippen LogP contribution is -2.48. The number of hydrogen-bond acceptors (Lipinski definition) is 3. The number of likely N-dealkylation sites (N-methyl/N-ethyl adjacent to an activating group) is 1. The maximum Gasteiger partial charge on any atom is 0.239 e. The van der Waals surface area contributed by atoms with E-state index in [1.807, 2.05) is 6.92 Å².